The van der Waals surface area contributed by atoms with Crippen molar-refractivity contribution < 1.29 is 4.79 Å². The highest BCUT2D eigenvalue weighted by atomic mass is 35.5. The third-order valence-electron chi connectivity index (χ3n) is 3.63. The second-order valence-corrected chi connectivity index (χ2v) is 5.63. The van der Waals surface area contributed by atoms with Gasteiger partial charge in [-0.05, 0) is 37.1 Å². The van der Waals surface area contributed by atoms with Crippen LogP contribution in [-0.2, 0) is 11.2 Å². The van der Waals surface area contributed by atoms with Crippen LogP contribution in [0.4, 0.5) is 0 Å². The molecule has 1 aromatic heterocycles. The zero-order valence-corrected chi connectivity index (χ0v) is 13.7. The molecule has 0 aliphatic carbocycles. The van der Waals surface area contributed by atoms with Crippen LogP contribution in [0.25, 0.3) is 10.9 Å². The molecule has 6 heteroatoms. The summed E-state index contributed by atoms with van der Waals surface area (Å²) < 4.78 is 0. The Hall–Kier alpha value is -1.23. The molecule has 4 nitrogen and oxygen atoms in total. The molecule has 4 N–H and O–H groups in total. The van der Waals surface area contributed by atoms with Gasteiger partial charge in [0.2, 0.25) is 5.91 Å². The van der Waals surface area contributed by atoms with Crippen molar-refractivity contribution in [2.24, 2.45) is 11.7 Å². The summed E-state index contributed by atoms with van der Waals surface area (Å²) >= 11 is 6.01. The van der Waals surface area contributed by atoms with Crippen molar-refractivity contribution in [2.75, 3.05) is 6.54 Å². The highest BCUT2D eigenvalue weighted by Crippen LogP contribution is 2.22. The molecule has 1 heterocycles. The maximum atomic E-state index is 11.8. The number of rotatable bonds is 5. The van der Waals surface area contributed by atoms with Gasteiger partial charge in [0.1, 0.15) is 0 Å². The highest BCUT2D eigenvalue weighted by molar-refractivity contribution is 6.31. The number of H-pyrrole nitrogens is 1. The number of amides is 1. The number of aromatic nitrogens is 1. The summed E-state index contributed by atoms with van der Waals surface area (Å²) in [6, 6.07) is 5.62. The lowest BCUT2D eigenvalue weighted by atomic mass is 10.0. The molecule has 2 rings (SSSR count). The van der Waals surface area contributed by atoms with E-state index in [-0.39, 0.29) is 30.3 Å². The number of halogens is 2. The van der Waals surface area contributed by atoms with Crippen molar-refractivity contribution in [3.8, 4) is 0 Å². The lowest BCUT2D eigenvalue weighted by Crippen LogP contribution is -2.39. The molecule has 0 radical (unpaired) electrons. The summed E-state index contributed by atoms with van der Waals surface area (Å²) in [5, 5.41) is 4.73. The van der Waals surface area contributed by atoms with Gasteiger partial charge in [-0.2, -0.15) is 0 Å². The summed E-state index contributed by atoms with van der Waals surface area (Å²) in [5.41, 5.74) is 7.92. The van der Waals surface area contributed by atoms with Gasteiger partial charge >= 0.3 is 0 Å². The molecule has 0 bridgehead atoms. The SMILES string of the molecule is CC(N)C(C)C(=O)NCCc1c[nH]c2ccc(Cl)cc12.Cl. The molecule has 0 saturated carbocycles. The van der Waals surface area contributed by atoms with Crippen LogP contribution in [0.3, 0.4) is 0 Å². The monoisotopic (exact) mass is 329 g/mol. The summed E-state index contributed by atoms with van der Waals surface area (Å²) in [7, 11) is 0. The van der Waals surface area contributed by atoms with Crippen molar-refractivity contribution in [1.82, 2.24) is 10.3 Å². The second kappa shape index (κ2) is 7.69. The molecule has 0 aliphatic rings. The van der Waals surface area contributed by atoms with E-state index in [1.165, 1.54) is 0 Å². The Kier molecular flexibility index (Phi) is 6.52. The molecule has 21 heavy (non-hydrogen) atoms. The second-order valence-electron chi connectivity index (χ2n) is 5.19. The Bertz CT molecular complexity index is 610. The normalized spacial score (nSPS) is 13.5. The third-order valence-corrected chi connectivity index (χ3v) is 3.86. The Morgan fingerprint density at radius 1 is 1.43 bits per heavy atom. The average Bonchev–Trinajstić information content (AvgIpc) is 2.80. The topological polar surface area (TPSA) is 70.9 Å². The molecule has 2 unspecified atom stereocenters. The Morgan fingerprint density at radius 2 is 2.14 bits per heavy atom. The Balaban J connectivity index is 0.00000220. The van der Waals surface area contributed by atoms with E-state index < -0.39 is 0 Å². The number of nitrogens with one attached hydrogen (secondary N) is 2. The molecular formula is C15H21Cl2N3O. The number of hydrogen-bond acceptors (Lipinski definition) is 2. The van der Waals surface area contributed by atoms with E-state index >= 15 is 0 Å². The Morgan fingerprint density at radius 3 is 2.81 bits per heavy atom. The smallest absolute Gasteiger partial charge is 0.224 e. The molecule has 0 aliphatic heterocycles. The van der Waals surface area contributed by atoms with Crippen LogP contribution in [0.15, 0.2) is 24.4 Å². The Labute approximate surface area is 135 Å². The summed E-state index contributed by atoms with van der Waals surface area (Å²) in [5.74, 6) is -0.176. The zero-order valence-electron chi connectivity index (χ0n) is 12.2. The molecule has 0 fully saturated rings. The fourth-order valence-electron chi connectivity index (χ4n) is 2.08. The van der Waals surface area contributed by atoms with E-state index in [2.05, 4.69) is 10.3 Å². The largest absolute Gasteiger partial charge is 0.361 e. The predicted molar refractivity (Wildman–Crippen MR) is 90.1 cm³/mol. The van der Waals surface area contributed by atoms with Crippen LogP contribution in [0.5, 0.6) is 0 Å². The number of fused-ring (bicyclic) bond motifs is 1. The molecule has 0 saturated heterocycles. The van der Waals surface area contributed by atoms with Gasteiger partial charge in [0.25, 0.3) is 0 Å². The number of nitrogens with two attached hydrogens (primary N) is 1. The van der Waals surface area contributed by atoms with Gasteiger partial charge < -0.3 is 16.0 Å². The van der Waals surface area contributed by atoms with Crippen LogP contribution in [0.2, 0.25) is 5.02 Å². The fraction of sp³-hybridized carbons (Fsp3) is 0.400. The molecule has 116 valence electrons. The van der Waals surface area contributed by atoms with Crippen molar-refractivity contribution in [3.63, 3.8) is 0 Å². The first-order valence-corrected chi connectivity index (χ1v) is 7.15. The van der Waals surface area contributed by atoms with E-state index in [1.54, 1.807) is 0 Å². The lowest BCUT2D eigenvalue weighted by Gasteiger charge is -2.15. The summed E-state index contributed by atoms with van der Waals surface area (Å²) in [6.07, 6.45) is 2.72. The first-order chi connectivity index (χ1) is 9.49. The number of benzene rings is 1. The van der Waals surface area contributed by atoms with Gasteiger partial charge in [0.05, 0.1) is 0 Å². The first kappa shape index (κ1) is 17.8. The molecule has 1 aromatic carbocycles. The minimum Gasteiger partial charge on any atom is -0.361 e. The van der Waals surface area contributed by atoms with Crippen LogP contribution in [-0.4, -0.2) is 23.5 Å². The van der Waals surface area contributed by atoms with Gasteiger partial charge in [-0.25, -0.2) is 0 Å². The van der Waals surface area contributed by atoms with Gasteiger partial charge in [0, 0.05) is 40.6 Å². The molecule has 2 atom stereocenters. The number of carbonyl (C=O) groups is 1. The number of hydrogen-bond donors (Lipinski definition) is 3. The van der Waals surface area contributed by atoms with Crippen molar-refractivity contribution >= 4 is 40.8 Å². The molecule has 2 aromatic rings. The third kappa shape index (κ3) is 4.37. The van der Waals surface area contributed by atoms with Crippen LogP contribution < -0.4 is 11.1 Å². The fourth-order valence-corrected chi connectivity index (χ4v) is 2.25. The van der Waals surface area contributed by atoms with E-state index in [0.29, 0.717) is 11.6 Å². The standard InChI is InChI=1S/C15H20ClN3O.ClH/c1-9(10(2)17)15(20)18-6-5-11-8-19-14-4-3-12(16)7-13(11)14;/h3-4,7-10,19H,5-6,17H2,1-2H3,(H,18,20);1H. The van der Waals surface area contributed by atoms with Gasteiger partial charge in [0.15, 0.2) is 0 Å². The van der Waals surface area contributed by atoms with E-state index in [1.807, 2.05) is 38.2 Å². The van der Waals surface area contributed by atoms with Crippen LogP contribution >= 0.6 is 24.0 Å². The lowest BCUT2D eigenvalue weighted by molar-refractivity contribution is -0.124. The average molecular weight is 330 g/mol. The van der Waals surface area contributed by atoms with Crippen molar-refractivity contribution in [1.29, 1.82) is 0 Å². The quantitative estimate of drug-likeness (QED) is 0.789. The van der Waals surface area contributed by atoms with Crippen LogP contribution in [0, 0.1) is 5.92 Å². The summed E-state index contributed by atoms with van der Waals surface area (Å²) in [4.78, 5) is 15.0. The predicted octanol–water partition coefficient (Wildman–Crippen LogP) is 2.89. The van der Waals surface area contributed by atoms with E-state index in [0.717, 1.165) is 22.9 Å². The maximum absolute atomic E-state index is 11.8. The van der Waals surface area contributed by atoms with Crippen LogP contribution in [0.1, 0.15) is 19.4 Å². The molecule has 0 spiro atoms. The zero-order chi connectivity index (χ0) is 14.7. The minimum atomic E-state index is -0.174. The van der Waals surface area contributed by atoms with Gasteiger partial charge in [-0.1, -0.05) is 18.5 Å². The number of aromatic amines is 1. The van der Waals surface area contributed by atoms with Gasteiger partial charge in [-0.3, -0.25) is 4.79 Å². The van der Waals surface area contributed by atoms with E-state index in [9.17, 15) is 4.79 Å². The minimum absolute atomic E-state index is 0. The van der Waals surface area contributed by atoms with Crippen molar-refractivity contribution in [2.45, 2.75) is 26.3 Å². The number of carbonyl (C=O) groups excluding carboxylic acids is 1. The summed E-state index contributed by atoms with van der Waals surface area (Å²) in [6.45, 7) is 4.27. The molecule has 1 amide bonds. The highest BCUT2D eigenvalue weighted by Gasteiger charge is 2.16. The van der Waals surface area contributed by atoms with Gasteiger partial charge in [-0.15, -0.1) is 12.4 Å². The van der Waals surface area contributed by atoms with E-state index in [4.69, 9.17) is 17.3 Å². The van der Waals surface area contributed by atoms with Crippen molar-refractivity contribution in [3.05, 3.63) is 35.0 Å². The maximum Gasteiger partial charge on any atom is 0.224 e. The first-order valence-electron chi connectivity index (χ1n) is 6.78. The molecular weight excluding hydrogens is 309 g/mol.